The molecule has 2 N–H and O–H groups in total. The second-order valence-electron chi connectivity index (χ2n) is 1.86. The molecule has 0 atom stereocenters. The van der Waals surface area contributed by atoms with Crippen molar-refractivity contribution < 1.29 is 14.3 Å². The molecular formula is C22H54O3Si2. The van der Waals surface area contributed by atoms with Crippen LogP contribution in [0.5, 0.6) is 0 Å². The van der Waals surface area contributed by atoms with E-state index in [9.17, 15) is 0 Å². The minimum atomic E-state index is -0.125. The highest BCUT2D eigenvalue weighted by molar-refractivity contribution is 6.15. The van der Waals surface area contributed by atoms with Gasteiger partial charge in [0, 0.05) is 0 Å². The first-order valence-electron chi connectivity index (χ1n) is 7.86. The van der Waals surface area contributed by atoms with Gasteiger partial charge < -0.3 is 14.3 Å². The first-order valence-corrected chi connectivity index (χ1v) is 9.50. The first kappa shape index (κ1) is 73.1. The average molecular weight is 423 g/mol. The monoisotopic (exact) mass is 422 g/mol. The van der Waals surface area contributed by atoms with Gasteiger partial charge in [-0.3, -0.25) is 0 Å². The molecule has 0 aromatic rings. The summed E-state index contributed by atoms with van der Waals surface area (Å²) in [6.07, 6.45) is 2.64. The molecule has 0 spiro atoms. The predicted molar refractivity (Wildman–Crippen MR) is 146 cm³/mol. The summed E-state index contributed by atoms with van der Waals surface area (Å²) < 4.78 is 4.53. The number of aliphatic hydroxyl groups is 2. The number of unbranched alkanes of at least 4 members (excludes halogenated alkanes) is 1. The molecule has 0 bridgehead atoms. The minimum absolute atomic E-state index is 0.125. The van der Waals surface area contributed by atoms with Gasteiger partial charge in [-0.2, -0.15) is 0 Å². The molecule has 0 aromatic carbocycles. The molecular weight excluding hydrogens is 368 g/mol. The summed E-state index contributed by atoms with van der Waals surface area (Å²) in [5.74, 6) is 0. The molecule has 168 valence electrons. The zero-order valence-corrected chi connectivity index (χ0v) is 23.4. The largest absolute Gasteiger partial charge is 0.471 e. The van der Waals surface area contributed by atoms with E-state index in [4.69, 9.17) is 10.2 Å². The van der Waals surface area contributed by atoms with Crippen molar-refractivity contribution >= 4 is 21.0 Å². The Morgan fingerprint density at radius 2 is 0.556 bits per heavy atom. The van der Waals surface area contributed by atoms with Crippen molar-refractivity contribution in [3.63, 3.8) is 0 Å². The SMILES string of the molecule is C=C.C=C.C=C.C=C.C=C.C=C.C=C.C=C.CCCC.OCCO.[SiH3]O[SiH3]. The fourth-order valence-electron chi connectivity index (χ4n) is 0. The highest BCUT2D eigenvalue weighted by Gasteiger charge is 1.58. The minimum Gasteiger partial charge on any atom is -0.471 e. The zero-order chi connectivity index (χ0) is 25.5. The van der Waals surface area contributed by atoms with Crippen LogP contribution in [0.3, 0.4) is 0 Å². The molecule has 0 radical (unpaired) electrons. The van der Waals surface area contributed by atoms with Crippen LogP contribution >= 0.6 is 0 Å². The quantitative estimate of drug-likeness (QED) is 0.498. The fraction of sp³-hybridized carbons (Fsp3) is 0.273. The van der Waals surface area contributed by atoms with E-state index < -0.39 is 0 Å². The van der Waals surface area contributed by atoms with Crippen LogP contribution in [0, 0.1) is 0 Å². The van der Waals surface area contributed by atoms with Crippen molar-refractivity contribution in [1.82, 2.24) is 0 Å². The molecule has 0 aliphatic heterocycles. The van der Waals surface area contributed by atoms with Crippen LogP contribution < -0.4 is 0 Å². The lowest BCUT2D eigenvalue weighted by atomic mass is 10.4. The van der Waals surface area contributed by atoms with Gasteiger partial charge in [0.05, 0.1) is 13.2 Å². The van der Waals surface area contributed by atoms with Gasteiger partial charge in [0.15, 0.2) is 0 Å². The molecule has 0 unspecified atom stereocenters. The summed E-state index contributed by atoms with van der Waals surface area (Å²) >= 11 is 0. The maximum Gasteiger partial charge on any atom is 0.129 e. The Morgan fingerprint density at radius 1 is 0.481 bits per heavy atom. The highest BCUT2D eigenvalue weighted by atomic mass is 28.3. The van der Waals surface area contributed by atoms with Gasteiger partial charge in [-0.15, -0.1) is 105 Å². The summed E-state index contributed by atoms with van der Waals surface area (Å²) in [5, 5.41) is 15.2. The molecule has 3 nitrogen and oxygen atoms in total. The topological polar surface area (TPSA) is 49.7 Å². The molecule has 0 aliphatic rings. The lowest BCUT2D eigenvalue weighted by molar-refractivity contribution is 0.186. The Labute approximate surface area is 180 Å². The lowest BCUT2D eigenvalue weighted by Gasteiger charge is -1.70. The van der Waals surface area contributed by atoms with Crippen LogP contribution in [0.4, 0.5) is 0 Å². The van der Waals surface area contributed by atoms with E-state index in [0.29, 0.717) is 0 Å². The van der Waals surface area contributed by atoms with Crippen molar-refractivity contribution in [3.05, 3.63) is 105 Å². The van der Waals surface area contributed by atoms with Crippen LogP contribution in [0.15, 0.2) is 105 Å². The standard InChI is InChI=1S/C4H10.C2H6O2.8C2H4.H6OSi2/c1-3-4-2;3-1-2-4;8*1-2;2-1-3/h3-4H2,1-2H3;3-4H,1-2H2;8*1-2H2;2-3H3. The molecule has 0 saturated carbocycles. The third-order valence-corrected chi connectivity index (χ3v) is 0.600. The third kappa shape index (κ3) is 219000. The summed E-state index contributed by atoms with van der Waals surface area (Å²) in [5.41, 5.74) is 0. The number of hydrogen-bond donors (Lipinski definition) is 2. The Morgan fingerprint density at radius 3 is 0.556 bits per heavy atom. The maximum atomic E-state index is 7.62. The van der Waals surface area contributed by atoms with Crippen molar-refractivity contribution in [2.75, 3.05) is 13.2 Å². The van der Waals surface area contributed by atoms with Gasteiger partial charge in [0.25, 0.3) is 0 Å². The molecule has 0 saturated heterocycles. The van der Waals surface area contributed by atoms with Crippen LogP contribution in [0.1, 0.15) is 26.7 Å². The summed E-state index contributed by atoms with van der Waals surface area (Å²) in [6.45, 7) is 52.1. The molecule has 0 aliphatic carbocycles. The van der Waals surface area contributed by atoms with Crippen molar-refractivity contribution in [2.45, 2.75) is 26.7 Å². The Balaban J connectivity index is -0.0000000118. The van der Waals surface area contributed by atoms with E-state index in [1.54, 1.807) is 0 Å². The molecule has 0 aromatic heterocycles. The summed E-state index contributed by atoms with van der Waals surface area (Å²) in [4.78, 5) is 0. The number of aliphatic hydroxyl groups excluding tert-OH is 2. The van der Waals surface area contributed by atoms with Gasteiger partial charge in [0.1, 0.15) is 21.0 Å². The second kappa shape index (κ2) is 1250. The van der Waals surface area contributed by atoms with E-state index in [-0.39, 0.29) is 13.2 Å². The van der Waals surface area contributed by atoms with Gasteiger partial charge in [0.2, 0.25) is 0 Å². The van der Waals surface area contributed by atoms with E-state index in [1.807, 2.05) is 0 Å². The van der Waals surface area contributed by atoms with Crippen LogP contribution in [0.25, 0.3) is 0 Å². The first-order chi connectivity index (χ1) is 13.2. The lowest BCUT2D eigenvalue weighted by Crippen LogP contribution is -1.85. The summed E-state index contributed by atoms with van der Waals surface area (Å²) in [7, 11) is 1.86. The molecule has 0 heterocycles. The summed E-state index contributed by atoms with van der Waals surface area (Å²) in [6, 6.07) is 0. The van der Waals surface area contributed by atoms with E-state index in [1.165, 1.54) is 12.8 Å². The van der Waals surface area contributed by atoms with Gasteiger partial charge in [-0.25, -0.2) is 0 Å². The maximum absolute atomic E-state index is 7.62. The van der Waals surface area contributed by atoms with Crippen LogP contribution in [-0.4, -0.2) is 44.4 Å². The van der Waals surface area contributed by atoms with Crippen LogP contribution in [-0.2, 0) is 4.12 Å². The number of hydrogen-bond acceptors (Lipinski definition) is 3. The van der Waals surface area contributed by atoms with Gasteiger partial charge >= 0.3 is 0 Å². The molecule has 0 fully saturated rings. The Hall–Kier alpha value is -1.77. The van der Waals surface area contributed by atoms with Gasteiger partial charge in [-0.1, -0.05) is 26.7 Å². The van der Waals surface area contributed by atoms with Gasteiger partial charge in [-0.05, 0) is 0 Å². The van der Waals surface area contributed by atoms with Crippen molar-refractivity contribution in [2.24, 2.45) is 0 Å². The third-order valence-electron chi connectivity index (χ3n) is 0.600. The number of rotatable bonds is 2. The van der Waals surface area contributed by atoms with Crippen LogP contribution in [0.2, 0.25) is 0 Å². The highest BCUT2D eigenvalue weighted by Crippen LogP contribution is 1.76. The fourth-order valence-corrected chi connectivity index (χ4v) is 0. The predicted octanol–water partition coefficient (Wildman–Crippen LogP) is 4.76. The molecule has 0 rings (SSSR count). The zero-order valence-electron chi connectivity index (χ0n) is 19.4. The second-order valence-corrected chi connectivity index (χ2v) is 5.12. The molecule has 5 heteroatoms. The van der Waals surface area contributed by atoms with E-state index >= 15 is 0 Å². The van der Waals surface area contributed by atoms with E-state index in [2.05, 4.69) is 123 Å². The Bertz CT molecular complexity index is 87.7. The van der Waals surface area contributed by atoms with E-state index in [0.717, 1.165) is 21.0 Å². The average Bonchev–Trinajstić information content (AvgIpc) is 2.84. The Kier molecular flexibility index (Phi) is 3390. The van der Waals surface area contributed by atoms with Crippen molar-refractivity contribution in [1.29, 1.82) is 0 Å². The normalized spacial score (nSPS) is 4.30. The van der Waals surface area contributed by atoms with Crippen molar-refractivity contribution in [3.8, 4) is 0 Å². The molecule has 27 heavy (non-hydrogen) atoms. The smallest absolute Gasteiger partial charge is 0.129 e. The molecule has 0 amide bonds.